The molecule has 2 amide bonds. The molecule has 10 nitrogen and oxygen atoms in total. The number of rotatable bonds is 10. The van der Waals surface area contributed by atoms with Crippen molar-refractivity contribution in [3.05, 3.63) is 151 Å². The fourth-order valence-corrected chi connectivity index (χ4v) is 7.25. The van der Waals surface area contributed by atoms with Gasteiger partial charge in [-0.3, -0.25) is 9.59 Å². The van der Waals surface area contributed by atoms with Gasteiger partial charge in [0, 0.05) is 84.0 Å². The van der Waals surface area contributed by atoms with Crippen LogP contribution in [0.3, 0.4) is 0 Å². The number of amides is 2. The zero-order chi connectivity index (χ0) is 44.0. The number of nitrogens with zero attached hydrogens (tertiary/aromatic N) is 4. The third-order valence-electron chi connectivity index (χ3n) is 9.06. The lowest BCUT2D eigenvalue weighted by Gasteiger charge is -2.19. The first-order chi connectivity index (χ1) is 28.4. The number of aromatic nitrogens is 2. The third-order valence-corrected chi connectivity index (χ3v) is 10.5. The van der Waals surface area contributed by atoms with Crippen LogP contribution in [0.1, 0.15) is 65.3 Å². The molecular formula is C45H44Cl4F2N6O4. The number of hydrogen-bond donors (Lipinski definition) is 2. The molecule has 0 aliphatic rings. The van der Waals surface area contributed by atoms with Crippen LogP contribution in [-0.2, 0) is 0 Å². The summed E-state index contributed by atoms with van der Waals surface area (Å²) in [5, 5.41) is 0.371. The van der Waals surface area contributed by atoms with E-state index >= 15 is 0 Å². The van der Waals surface area contributed by atoms with Crippen LogP contribution < -0.4 is 20.9 Å². The molecule has 0 saturated carbocycles. The van der Waals surface area contributed by atoms with E-state index in [1.807, 2.05) is 18.2 Å². The van der Waals surface area contributed by atoms with Crippen LogP contribution in [0.5, 0.6) is 11.5 Å². The van der Waals surface area contributed by atoms with Gasteiger partial charge in [0.25, 0.3) is 11.8 Å². The van der Waals surface area contributed by atoms with E-state index in [2.05, 4.69) is 9.97 Å². The van der Waals surface area contributed by atoms with Crippen molar-refractivity contribution in [3.63, 3.8) is 0 Å². The van der Waals surface area contributed by atoms with Gasteiger partial charge in [0.2, 0.25) is 0 Å². The largest absolute Gasteiger partial charge is 0.482 e. The molecular weight excluding hydrogens is 868 g/mol. The van der Waals surface area contributed by atoms with Gasteiger partial charge in [-0.2, -0.15) is 0 Å². The Morgan fingerprint density at radius 3 is 1.46 bits per heavy atom. The van der Waals surface area contributed by atoms with Crippen LogP contribution in [0, 0.1) is 11.6 Å². The standard InChI is InChI=1S/2C22H20Cl2FN3O2.CH4/c1-12(19-16(23)8-9-17(25)20(19)24)30-18-10-15(11-27-21(18)26)13-4-6-14(7-5-13)22(29)28(2)3;1-12(19-16(23)7-8-17(25)20(19)24)30-18-10-15(11-27-21(18)26)13-5-4-6-14(9-13)22(29)28(2)3;/h2*4-12H,1-3H3,(H2,26,27);1H4. The Balaban J connectivity index is 0.000000264. The maximum absolute atomic E-state index is 13.9. The van der Waals surface area contributed by atoms with Gasteiger partial charge in [0.1, 0.15) is 23.8 Å². The highest BCUT2D eigenvalue weighted by Crippen LogP contribution is 2.39. The smallest absolute Gasteiger partial charge is 0.253 e. The number of carbonyl (C=O) groups is 2. The number of nitrogen functional groups attached to an aromatic ring is 2. The normalized spacial score (nSPS) is 11.6. The average molecular weight is 913 g/mol. The van der Waals surface area contributed by atoms with Gasteiger partial charge in [-0.1, -0.05) is 78.1 Å². The summed E-state index contributed by atoms with van der Waals surface area (Å²) in [6.07, 6.45) is 1.85. The summed E-state index contributed by atoms with van der Waals surface area (Å²) in [6.45, 7) is 3.38. The summed E-state index contributed by atoms with van der Waals surface area (Å²) >= 11 is 24.5. The van der Waals surface area contributed by atoms with E-state index in [1.54, 1.807) is 96.9 Å². The lowest BCUT2D eigenvalue weighted by Crippen LogP contribution is -2.21. The molecule has 320 valence electrons. The van der Waals surface area contributed by atoms with Crippen molar-refractivity contribution in [2.75, 3.05) is 39.7 Å². The van der Waals surface area contributed by atoms with Crippen molar-refractivity contribution in [1.29, 1.82) is 0 Å². The molecule has 0 aliphatic carbocycles. The summed E-state index contributed by atoms with van der Waals surface area (Å²) in [4.78, 5) is 35.7. The molecule has 16 heteroatoms. The maximum Gasteiger partial charge on any atom is 0.253 e. The lowest BCUT2D eigenvalue weighted by atomic mass is 10.0. The lowest BCUT2D eigenvalue weighted by molar-refractivity contribution is 0.0820. The number of hydrogen-bond acceptors (Lipinski definition) is 8. The van der Waals surface area contributed by atoms with Crippen molar-refractivity contribution < 1.29 is 27.8 Å². The van der Waals surface area contributed by atoms with E-state index in [4.69, 9.17) is 67.3 Å². The predicted octanol–water partition coefficient (Wildman–Crippen LogP) is 11.9. The highest BCUT2D eigenvalue weighted by atomic mass is 35.5. The quantitative estimate of drug-likeness (QED) is 0.130. The van der Waals surface area contributed by atoms with E-state index in [1.165, 1.54) is 34.1 Å². The van der Waals surface area contributed by atoms with Gasteiger partial charge in [-0.25, -0.2) is 18.7 Å². The van der Waals surface area contributed by atoms with E-state index in [9.17, 15) is 18.4 Å². The predicted molar refractivity (Wildman–Crippen MR) is 242 cm³/mol. The molecule has 6 rings (SSSR count). The van der Waals surface area contributed by atoms with Gasteiger partial charge in [0.05, 0.1) is 10.0 Å². The van der Waals surface area contributed by atoms with Crippen molar-refractivity contribution in [2.45, 2.75) is 33.5 Å². The van der Waals surface area contributed by atoms with Crippen LogP contribution in [0.4, 0.5) is 20.4 Å². The number of pyridine rings is 2. The monoisotopic (exact) mass is 910 g/mol. The minimum Gasteiger partial charge on any atom is -0.482 e. The molecule has 4 aromatic carbocycles. The molecule has 0 radical (unpaired) electrons. The van der Waals surface area contributed by atoms with Crippen molar-refractivity contribution in [2.24, 2.45) is 0 Å². The van der Waals surface area contributed by atoms with Crippen LogP contribution in [0.25, 0.3) is 22.3 Å². The Morgan fingerprint density at radius 1 is 0.590 bits per heavy atom. The van der Waals surface area contributed by atoms with Crippen LogP contribution in [0.15, 0.2) is 97.3 Å². The van der Waals surface area contributed by atoms with E-state index in [0.717, 1.165) is 16.7 Å². The fraction of sp³-hybridized carbons (Fsp3) is 0.200. The van der Waals surface area contributed by atoms with Crippen molar-refractivity contribution in [3.8, 4) is 33.8 Å². The molecule has 0 aliphatic heterocycles. The Labute approximate surface area is 373 Å². The van der Waals surface area contributed by atoms with Gasteiger partial charge in [-0.15, -0.1) is 0 Å². The summed E-state index contributed by atoms with van der Waals surface area (Å²) in [6, 6.07) is 22.9. The zero-order valence-electron chi connectivity index (χ0n) is 33.2. The minimum atomic E-state index is -0.679. The number of halogens is 6. The molecule has 61 heavy (non-hydrogen) atoms. The van der Waals surface area contributed by atoms with Crippen LogP contribution in [0.2, 0.25) is 20.1 Å². The molecule has 6 aromatic rings. The summed E-state index contributed by atoms with van der Waals surface area (Å²) in [5.41, 5.74) is 16.8. The van der Waals surface area contributed by atoms with E-state index < -0.39 is 23.8 Å². The van der Waals surface area contributed by atoms with Crippen LogP contribution >= 0.6 is 46.4 Å². The first-order valence-electron chi connectivity index (χ1n) is 18.1. The molecule has 4 N–H and O–H groups in total. The Kier molecular flexibility index (Phi) is 16.3. The molecule has 0 bridgehead atoms. The number of ether oxygens (including phenoxy) is 2. The van der Waals surface area contributed by atoms with E-state index in [0.29, 0.717) is 39.3 Å². The molecule has 0 fully saturated rings. The second-order valence-electron chi connectivity index (χ2n) is 13.8. The Hall–Kier alpha value is -5.66. The van der Waals surface area contributed by atoms with Gasteiger partial charge >= 0.3 is 0 Å². The molecule has 2 aromatic heterocycles. The minimum absolute atomic E-state index is 0. The second kappa shape index (κ2) is 20.7. The van der Waals surface area contributed by atoms with Crippen molar-refractivity contribution in [1.82, 2.24) is 19.8 Å². The summed E-state index contributed by atoms with van der Waals surface area (Å²) in [7, 11) is 6.77. The first kappa shape index (κ1) is 48.0. The summed E-state index contributed by atoms with van der Waals surface area (Å²) in [5.74, 6) is -0.430. The first-order valence-corrected chi connectivity index (χ1v) is 19.6. The Bertz CT molecular complexity index is 2540. The van der Waals surface area contributed by atoms with Gasteiger partial charge in [0.15, 0.2) is 23.1 Å². The number of nitrogens with two attached hydrogens (primary N) is 2. The average Bonchev–Trinajstić information content (AvgIpc) is 3.22. The maximum atomic E-state index is 13.9. The van der Waals surface area contributed by atoms with Crippen LogP contribution in [-0.4, -0.2) is 59.8 Å². The molecule has 2 unspecified atom stereocenters. The molecule has 0 saturated heterocycles. The highest BCUT2D eigenvalue weighted by molar-refractivity contribution is 6.36. The zero-order valence-corrected chi connectivity index (χ0v) is 36.3. The highest BCUT2D eigenvalue weighted by Gasteiger charge is 2.22. The fourth-order valence-electron chi connectivity index (χ4n) is 5.90. The van der Waals surface area contributed by atoms with Crippen molar-refractivity contribution >= 4 is 69.9 Å². The molecule has 2 heterocycles. The van der Waals surface area contributed by atoms with Gasteiger partial charge in [-0.05, 0) is 85.6 Å². The SMILES string of the molecule is C.CC(Oc1cc(-c2ccc(C(=O)N(C)C)cc2)cnc1N)c1c(Cl)ccc(F)c1Cl.CC(Oc1cc(-c2cccc(C(=O)N(C)C)c2)cnc1N)c1c(Cl)ccc(F)c1Cl. The number of anilines is 2. The summed E-state index contributed by atoms with van der Waals surface area (Å²) < 4.78 is 39.6. The number of carbonyl (C=O) groups excluding carboxylic acids is 2. The number of benzene rings is 4. The second-order valence-corrected chi connectivity index (χ2v) is 15.4. The topological polar surface area (TPSA) is 137 Å². The van der Waals surface area contributed by atoms with E-state index in [-0.39, 0.29) is 51.0 Å². The van der Waals surface area contributed by atoms with Gasteiger partial charge < -0.3 is 30.7 Å². The Morgan fingerprint density at radius 2 is 1.02 bits per heavy atom. The third kappa shape index (κ3) is 11.4. The molecule has 0 spiro atoms. The molecule has 2 atom stereocenters.